The normalized spacial score (nSPS) is 16.8. The first-order chi connectivity index (χ1) is 11.2. The van der Waals surface area contributed by atoms with Gasteiger partial charge in [0.05, 0.1) is 6.54 Å². The highest BCUT2D eigenvalue weighted by Gasteiger charge is 2.19. The number of nitrogens with zero attached hydrogens (tertiary/aromatic N) is 4. The fourth-order valence-electron chi connectivity index (χ4n) is 2.82. The van der Waals surface area contributed by atoms with Crippen molar-refractivity contribution in [2.45, 2.75) is 32.9 Å². The van der Waals surface area contributed by atoms with Crippen LogP contribution >= 0.6 is 11.6 Å². The average molecular weight is 335 g/mol. The van der Waals surface area contributed by atoms with E-state index in [4.69, 9.17) is 16.1 Å². The zero-order valence-corrected chi connectivity index (χ0v) is 14.3. The maximum Gasteiger partial charge on any atom is 0.240 e. The number of hydrogen-bond acceptors (Lipinski definition) is 5. The van der Waals surface area contributed by atoms with Crippen LogP contribution < -0.4 is 0 Å². The molecule has 124 valence electrons. The summed E-state index contributed by atoms with van der Waals surface area (Å²) in [6.07, 6.45) is 1.93. The summed E-state index contributed by atoms with van der Waals surface area (Å²) in [5.41, 5.74) is 1.31. The summed E-state index contributed by atoms with van der Waals surface area (Å²) in [7, 11) is 0. The third-order valence-electron chi connectivity index (χ3n) is 4.13. The molecule has 1 fully saturated rings. The first-order valence-corrected chi connectivity index (χ1v) is 8.61. The fraction of sp³-hybridized carbons (Fsp3) is 0.529. The van der Waals surface area contributed by atoms with E-state index in [-0.39, 0.29) is 0 Å². The Morgan fingerprint density at radius 2 is 1.70 bits per heavy atom. The molecular formula is C17H23ClN4O. The number of rotatable bonds is 6. The van der Waals surface area contributed by atoms with E-state index >= 15 is 0 Å². The lowest BCUT2D eigenvalue weighted by Crippen LogP contribution is -2.45. The van der Waals surface area contributed by atoms with E-state index in [9.17, 15) is 0 Å². The molecule has 5 nitrogen and oxygen atoms in total. The van der Waals surface area contributed by atoms with Crippen molar-refractivity contribution >= 4 is 11.6 Å². The molecule has 0 radical (unpaired) electrons. The number of benzene rings is 1. The minimum Gasteiger partial charge on any atom is -0.338 e. The summed E-state index contributed by atoms with van der Waals surface area (Å²) in [6.45, 7) is 8.02. The molecule has 1 aromatic heterocycles. The molecule has 0 spiro atoms. The second-order valence-electron chi connectivity index (χ2n) is 6.03. The van der Waals surface area contributed by atoms with Crippen molar-refractivity contribution in [2.75, 3.05) is 26.2 Å². The molecule has 6 heteroatoms. The maximum absolute atomic E-state index is 5.93. The van der Waals surface area contributed by atoms with E-state index in [0.29, 0.717) is 0 Å². The Bertz CT molecular complexity index is 605. The van der Waals surface area contributed by atoms with Crippen molar-refractivity contribution in [3.05, 3.63) is 46.6 Å². The van der Waals surface area contributed by atoms with Crippen molar-refractivity contribution < 1.29 is 4.52 Å². The minimum absolute atomic E-state index is 0.736. The molecule has 2 heterocycles. The zero-order valence-electron chi connectivity index (χ0n) is 13.5. The van der Waals surface area contributed by atoms with Crippen LogP contribution in [-0.4, -0.2) is 46.1 Å². The van der Waals surface area contributed by atoms with Crippen LogP contribution in [0.1, 0.15) is 30.6 Å². The SMILES string of the molecule is CCCc1noc(CN2CCN(Cc3ccc(Cl)cc3)CC2)n1. The molecule has 23 heavy (non-hydrogen) atoms. The highest BCUT2D eigenvalue weighted by Crippen LogP contribution is 2.14. The number of hydrogen-bond donors (Lipinski definition) is 0. The Hall–Kier alpha value is -1.43. The summed E-state index contributed by atoms with van der Waals surface area (Å²) in [4.78, 5) is 9.29. The Morgan fingerprint density at radius 1 is 1.04 bits per heavy atom. The Kier molecular flexibility index (Phi) is 5.65. The first kappa shape index (κ1) is 16.4. The van der Waals surface area contributed by atoms with Gasteiger partial charge in [-0.3, -0.25) is 9.80 Å². The van der Waals surface area contributed by atoms with Gasteiger partial charge in [0.1, 0.15) is 0 Å². The molecule has 2 aromatic rings. The van der Waals surface area contributed by atoms with Gasteiger partial charge < -0.3 is 4.52 Å². The Labute approximate surface area is 142 Å². The number of aromatic nitrogens is 2. The van der Waals surface area contributed by atoms with Gasteiger partial charge in [-0.15, -0.1) is 0 Å². The molecule has 0 unspecified atom stereocenters. The van der Waals surface area contributed by atoms with E-state index in [1.54, 1.807) is 0 Å². The quantitative estimate of drug-likeness (QED) is 0.812. The number of aryl methyl sites for hydroxylation is 1. The van der Waals surface area contributed by atoms with Crippen LogP contribution in [0.4, 0.5) is 0 Å². The van der Waals surface area contributed by atoms with Crippen LogP contribution in [0.15, 0.2) is 28.8 Å². The predicted octanol–water partition coefficient (Wildman–Crippen LogP) is 2.99. The van der Waals surface area contributed by atoms with Gasteiger partial charge in [0.25, 0.3) is 0 Å². The minimum atomic E-state index is 0.736. The van der Waals surface area contributed by atoms with Crippen LogP contribution in [0.5, 0.6) is 0 Å². The standard InChI is InChI=1S/C17H23ClN4O/c1-2-3-16-19-17(23-20-16)13-22-10-8-21(9-11-22)12-14-4-6-15(18)7-5-14/h4-7H,2-3,8-13H2,1H3. The van der Waals surface area contributed by atoms with E-state index < -0.39 is 0 Å². The van der Waals surface area contributed by atoms with Gasteiger partial charge in [0.15, 0.2) is 5.82 Å². The molecular weight excluding hydrogens is 312 g/mol. The van der Waals surface area contributed by atoms with Crippen LogP contribution in [0.3, 0.4) is 0 Å². The molecule has 1 aliphatic rings. The summed E-state index contributed by atoms with van der Waals surface area (Å²) in [5, 5.41) is 4.81. The summed E-state index contributed by atoms with van der Waals surface area (Å²) >= 11 is 5.93. The van der Waals surface area contributed by atoms with E-state index in [0.717, 1.165) is 68.8 Å². The van der Waals surface area contributed by atoms with E-state index in [1.165, 1.54) is 5.56 Å². The Balaban J connectivity index is 1.45. The van der Waals surface area contributed by atoms with Gasteiger partial charge in [-0.2, -0.15) is 4.98 Å². The second-order valence-corrected chi connectivity index (χ2v) is 6.47. The smallest absolute Gasteiger partial charge is 0.240 e. The average Bonchev–Trinajstić information content (AvgIpc) is 2.99. The topological polar surface area (TPSA) is 45.4 Å². The molecule has 0 N–H and O–H groups in total. The fourth-order valence-corrected chi connectivity index (χ4v) is 2.95. The van der Waals surface area contributed by atoms with Gasteiger partial charge in [-0.25, -0.2) is 0 Å². The molecule has 1 aromatic carbocycles. The van der Waals surface area contributed by atoms with Gasteiger partial charge in [-0.1, -0.05) is 35.8 Å². The third kappa shape index (κ3) is 4.77. The molecule has 3 rings (SSSR count). The van der Waals surface area contributed by atoms with E-state index in [2.05, 4.69) is 39.0 Å². The lowest BCUT2D eigenvalue weighted by Gasteiger charge is -2.33. The molecule has 1 aliphatic heterocycles. The lowest BCUT2D eigenvalue weighted by molar-refractivity contribution is 0.112. The summed E-state index contributed by atoms with van der Waals surface area (Å²) < 4.78 is 5.32. The summed E-state index contributed by atoms with van der Waals surface area (Å²) in [5.74, 6) is 1.56. The highest BCUT2D eigenvalue weighted by atomic mass is 35.5. The lowest BCUT2D eigenvalue weighted by atomic mass is 10.2. The molecule has 1 saturated heterocycles. The maximum atomic E-state index is 5.93. The number of halogens is 1. The van der Waals surface area contributed by atoms with Crippen LogP contribution in [0, 0.1) is 0 Å². The highest BCUT2D eigenvalue weighted by molar-refractivity contribution is 6.30. The summed E-state index contributed by atoms with van der Waals surface area (Å²) in [6, 6.07) is 8.11. The molecule has 0 saturated carbocycles. The van der Waals surface area contributed by atoms with Gasteiger partial charge in [0, 0.05) is 44.2 Å². The first-order valence-electron chi connectivity index (χ1n) is 8.23. The van der Waals surface area contributed by atoms with Crippen LogP contribution in [0.25, 0.3) is 0 Å². The molecule has 0 amide bonds. The third-order valence-corrected chi connectivity index (χ3v) is 4.38. The van der Waals surface area contributed by atoms with Crippen molar-refractivity contribution in [1.29, 1.82) is 0 Å². The van der Waals surface area contributed by atoms with Gasteiger partial charge in [-0.05, 0) is 24.1 Å². The van der Waals surface area contributed by atoms with Crippen molar-refractivity contribution in [3.63, 3.8) is 0 Å². The van der Waals surface area contributed by atoms with Crippen molar-refractivity contribution in [1.82, 2.24) is 19.9 Å². The van der Waals surface area contributed by atoms with Gasteiger partial charge >= 0.3 is 0 Å². The molecule has 0 bridgehead atoms. The van der Waals surface area contributed by atoms with Gasteiger partial charge in [0.2, 0.25) is 5.89 Å². The molecule has 0 atom stereocenters. The molecule has 0 aliphatic carbocycles. The van der Waals surface area contributed by atoms with Crippen molar-refractivity contribution in [2.24, 2.45) is 0 Å². The van der Waals surface area contributed by atoms with Crippen molar-refractivity contribution in [3.8, 4) is 0 Å². The predicted molar refractivity (Wildman–Crippen MR) is 90.3 cm³/mol. The zero-order chi connectivity index (χ0) is 16.1. The van der Waals surface area contributed by atoms with E-state index in [1.807, 2.05) is 12.1 Å². The van der Waals surface area contributed by atoms with Crippen LogP contribution in [0.2, 0.25) is 5.02 Å². The van der Waals surface area contributed by atoms with Crippen LogP contribution in [-0.2, 0) is 19.5 Å². The largest absolute Gasteiger partial charge is 0.338 e. The monoisotopic (exact) mass is 334 g/mol. The second kappa shape index (κ2) is 7.90. The Morgan fingerprint density at radius 3 is 2.35 bits per heavy atom. The number of piperazine rings is 1.